The second kappa shape index (κ2) is 5.36. The van der Waals surface area contributed by atoms with E-state index in [1.165, 1.54) is 0 Å². The number of hydrogen-bond donors (Lipinski definition) is 0. The van der Waals surface area contributed by atoms with E-state index in [4.69, 9.17) is 0 Å². The largest absolute Gasteiger partial charge is 0.268 e. The Morgan fingerprint density at radius 1 is 1.30 bits per heavy atom. The predicted molar refractivity (Wildman–Crippen MR) is 81.8 cm³/mol. The number of fused-ring (bicyclic) bond motifs is 1. The highest BCUT2D eigenvalue weighted by Gasteiger charge is 2.12. The molecule has 1 unspecified atom stereocenters. The van der Waals surface area contributed by atoms with Gasteiger partial charge in [0.1, 0.15) is 0 Å². The van der Waals surface area contributed by atoms with Crippen molar-refractivity contribution in [1.29, 1.82) is 0 Å². The van der Waals surface area contributed by atoms with Crippen molar-refractivity contribution in [2.45, 2.75) is 24.7 Å². The summed E-state index contributed by atoms with van der Waals surface area (Å²) in [7, 11) is 1.96. The third kappa shape index (κ3) is 2.35. The van der Waals surface area contributed by atoms with E-state index in [0.717, 1.165) is 28.7 Å². The highest BCUT2D eigenvalue weighted by atomic mass is 79.9. The predicted octanol–water partition coefficient (Wildman–Crippen LogP) is 3.06. The van der Waals surface area contributed by atoms with Crippen molar-refractivity contribution in [3.05, 3.63) is 41.9 Å². The monoisotopic (exact) mass is 333 g/mol. The first-order valence-corrected chi connectivity index (χ1v) is 7.55. The maximum atomic E-state index is 4.58. The molecule has 0 aliphatic rings. The molecule has 3 aromatic rings. The minimum atomic E-state index is 0.261. The molecule has 0 bridgehead atoms. The zero-order chi connectivity index (χ0) is 14.1. The second-order valence-electron chi connectivity index (χ2n) is 4.80. The normalized spacial score (nSPS) is 12.9. The highest BCUT2D eigenvalue weighted by molar-refractivity contribution is 9.09. The molecule has 0 saturated heterocycles. The molecule has 0 saturated carbocycles. The van der Waals surface area contributed by atoms with Crippen LogP contribution in [-0.4, -0.2) is 24.8 Å². The lowest BCUT2D eigenvalue weighted by atomic mass is 10.2. The van der Waals surface area contributed by atoms with E-state index >= 15 is 0 Å². The molecule has 0 aliphatic carbocycles. The van der Waals surface area contributed by atoms with E-state index in [9.17, 15) is 0 Å². The highest BCUT2D eigenvalue weighted by Crippen LogP contribution is 2.24. The van der Waals surface area contributed by atoms with Gasteiger partial charge in [0.25, 0.3) is 0 Å². The van der Waals surface area contributed by atoms with Crippen LogP contribution in [0.2, 0.25) is 0 Å². The lowest BCUT2D eigenvalue weighted by Gasteiger charge is -1.99. The van der Waals surface area contributed by atoms with Gasteiger partial charge in [-0.15, -0.1) is 5.10 Å². The van der Waals surface area contributed by atoms with Gasteiger partial charge in [-0.3, -0.25) is 4.68 Å². The van der Waals surface area contributed by atoms with E-state index < -0.39 is 0 Å². The van der Waals surface area contributed by atoms with E-state index in [-0.39, 0.29) is 4.83 Å². The fourth-order valence-electron chi connectivity index (χ4n) is 2.30. The minimum Gasteiger partial charge on any atom is -0.268 e. The van der Waals surface area contributed by atoms with Gasteiger partial charge in [-0.1, -0.05) is 46.3 Å². The fourth-order valence-corrected chi connectivity index (χ4v) is 2.51. The number of para-hydroxylation sites is 1. The molecule has 20 heavy (non-hydrogen) atoms. The maximum Gasteiger partial charge on any atom is 0.0963 e. The van der Waals surface area contributed by atoms with Gasteiger partial charge >= 0.3 is 0 Å². The molecule has 6 heteroatoms. The van der Waals surface area contributed by atoms with Gasteiger partial charge < -0.3 is 0 Å². The summed E-state index contributed by atoms with van der Waals surface area (Å²) in [6.45, 7) is 2.75. The van der Waals surface area contributed by atoms with Crippen LogP contribution in [0.4, 0.5) is 0 Å². The summed E-state index contributed by atoms with van der Waals surface area (Å²) in [5.41, 5.74) is 3.12. The quantitative estimate of drug-likeness (QED) is 0.689. The van der Waals surface area contributed by atoms with Crippen molar-refractivity contribution in [1.82, 2.24) is 24.8 Å². The summed E-state index contributed by atoms with van der Waals surface area (Å²) in [5.74, 6) is 0. The summed E-state index contributed by atoms with van der Waals surface area (Å²) >= 11 is 3.59. The number of rotatable bonds is 4. The molecule has 5 nitrogen and oxygen atoms in total. The Kier molecular flexibility index (Phi) is 3.56. The average molecular weight is 334 g/mol. The van der Waals surface area contributed by atoms with Crippen molar-refractivity contribution in [3.63, 3.8) is 0 Å². The SMILES string of the molecule is CCC(Br)c1cn(Cc2nn(C)c3ccccc23)nn1. The van der Waals surface area contributed by atoms with Crippen LogP contribution in [0.1, 0.15) is 29.6 Å². The number of hydrogen-bond acceptors (Lipinski definition) is 3. The molecule has 0 aliphatic heterocycles. The van der Waals surface area contributed by atoms with Gasteiger partial charge in [-0.2, -0.15) is 5.10 Å². The Morgan fingerprint density at radius 3 is 2.90 bits per heavy atom. The molecule has 0 radical (unpaired) electrons. The van der Waals surface area contributed by atoms with Crippen molar-refractivity contribution in [2.24, 2.45) is 7.05 Å². The summed E-state index contributed by atoms with van der Waals surface area (Å²) in [6.07, 6.45) is 2.97. The Morgan fingerprint density at radius 2 is 2.10 bits per heavy atom. The van der Waals surface area contributed by atoms with Gasteiger partial charge in [-0.05, 0) is 12.5 Å². The van der Waals surface area contributed by atoms with Gasteiger partial charge in [0.2, 0.25) is 0 Å². The maximum absolute atomic E-state index is 4.58. The summed E-state index contributed by atoms with van der Waals surface area (Å²) in [4.78, 5) is 0.261. The topological polar surface area (TPSA) is 48.5 Å². The summed E-state index contributed by atoms with van der Waals surface area (Å²) in [5, 5.41) is 14.1. The van der Waals surface area contributed by atoms with Crippen LogP contribution in [0.25, 0.3) is 10.9 Å². The van der Waals surface area contributed by atoms with Crippen LogP contribution in [0, 0.1) is 0 Å². The molecule has 0 N–H and O–H groups in total. The van der Waals surface area contributed by atoms with E-state index in [2.05, 4.69) is 50.4 Å². The van der Waals surface area contributed by atoms with Crippen molar-refractivity contribution >= 4 is 26.8 Å². The fraction of sp³-hybridized carbons (Fsp3) is 0.357. The number of alkyl halides is 1. The molecular formula is C14H16BrN5. The first-order chi connectivity index (χ1) is 9.69. The van der Waals surface area contributed by atoms with Crippen LogP contribution in [0.3, 0.4) is 0 Å². The number of aryl methyl sites for hydroxylation is 1. The van der Waals surface area contributed by atoms with E-state index in [1.54, 1.807) is 0 Å². The number of benzene rings is 1. The Bertz CT molecular complexity index is 730. The molecule has 104 valence electrons. The first kappa shape index (κ1) is 13.3. The van der Waals surface area contributed by atoms with Crippen molar-refractivity contribution in [3.8, 4) is 0 Å². The molecule has 3 rings (SSSR count). The number of halogens is 1. The zero-order valence-corrected chi connectivity index (χ0v) is 13.1. The van der Waals surface area contributed by atoms with Gasteiger partial charge in [0.15, 0.2) is 0 Å². The standard InChI is InChI=1S/C14H16BrN5/c1-3-11(15)13-9-20(18-16-13)8-12-10-6-4-5-7-14(10)19(2)17-12/h4-7,9,11H,3,8H2,1-2H3. The summed E-state index contributed by atoms with van der Waals surface area (Å²) in [6, 6.07) is 8.23. The third-order valence-electron chi connectivity index (χ3n) is 3.38. The molecular weight excluding hydrogens is 318 g/mol. The van der Waals surface area contributed by atoms with Crippen molar-refractivity contribution < 1.29 is 0 Å². The van der Waals surface area contributed by atoms with Crippen LogP contribution >= 0.6 is 15.9 Å². The van der Waals surface area contributed by atoms with Crippen LogP contribution in [0.15, 0.2) is 30.5 Å². The van der Waals surface area contributed by atoms with Crippen molar-refractivity contribution in [2.75, 3.05) is 0 Å². The van der Waals surface area contributed by atoms with Gasteiger partial charge in [0, 0.05) is 12.4 Å². The molecule has 1 aromatic carbocycles. The van der Waals surface area contributed by atoms with Crippen LogP contribution < -0.4 is 0 Å². The Labute approximate surface area is 125 Å². The van der Waals surface area contributed by atoms with Gasteiger partial charge in [-0.25, -0.2) is 4.68 Å². The number of aromatic nitrogens is 5. The lowest BCUT2D eigenvalue weighted by molar-refractivity contribution is 0.627. The molecule has 0 fully saturated rings. The molecule has 2 heterocycles. The lowest BCUT2D eigenvalue weighted by Crippen LogP contribution is -2.02. The molecule has 0 spiro atoms. The smallest absolute Gasteiger partial charge is 0.0963 e. The third-order valence-corrected chi connectivity index (χ3v) is 4.50. The second-order valence-corrected chi connectivity index (χ2v) is 5.91. The average Bonchev–Trinajstić information content (AvgIpc) is 3.05. The molecule has 1 atom stereocenters. The molecule has 0 amide bonds. The minimum absolute atomic E-state index is 0.261. The number of nitrogens with zero attached hydrogens (tertiary/aromatic N) is 5. The van der Waals surface area contributed by atoms with Crippen LogP contribution in [-0.2, 0) is 13.6 Å². The van der Waals surface area contributed by atoms with Gasteiger partial charge in [0.05, 0.1) is 34.5 Å². The Hall–Kier alpha value is -1.69. The Balaban J connectivity index is 1.91. The zero-order valence-electron chi connectivity index (χ0n) is 11.5. The van der Waals surface area contributed by atoms with E-state index in [1.807, 2.05) is 34.7 Å². The summed E-state index contributed by atoms with van der Waals surface area (Å²) < 4.78 is 3.75. The molecule has 2 aromatic heterocycles. The first-order valence-electron chi connectivity index (χ1n) is 6.63. The van der Waals surface area contributed by atoms with E-state index in [0.29, 0.717) is 6.54 Å². The van der Waals surface area contributed by atoms with Crippen LogP contribution in [0.5, 0.6) is 0 Å².